The van der Waals surface area contributed by atoms with Crippen molar-refractivity contribution < 1.29 is 8.42 Å². The van der Waals surface area contributed by atoms with Gasteiger partial charge in [0.25, 0.3) is 0 Å². The molecule has 0 spiro atoms. The monoisotopic (exact) mass is 286 g/mol. The van der Waals surface area contributed by atoms with E-state index in [2.05, 4.69) is 4.72 Å². The molecule has 1 aromatic rings. The maximum atomic E-state index is 12.2. The SMILES string of the molecule is CCC(C)(NS(=O)(=O)c1ccc(C)cc1)C(N)=S. The Morgan fingerprint density at radius 2 is 1.89 bits per heavy atom. The average Bonchev–Trinajstić information content (AvgIpc) is 2.28. The molecular weight excluding hydrogens is 268 g/mol. The van der Waals surface area contributed by atoms with E-state index in [0.717, 1.165) is 5.56 Å². The second-order valence-electron chi connectivity index (χ2n) is 4.47. The maximum absolute atomic E-state index is 12.2. The first-order chi connectivity index (χ1) is 8.21. The minimum absolute atomic E-state index is 0.140. The summed E-state index contributed by atoms with van der Waals surface area (Å²) in [5.74, 6) is 0. The molecule has 3 N–H and O–H groups in total. The molecule has 0 radical (unpaired) electrons. The summed E-state index contributed by atoms with van der Waals surface area (Å²) in [7, 11) is -3.61. The van der Waals surface area contributed by atoms with Crippen molar-refractivity contribution in [1.29, 1.82) is 0 Å². The van der Waals surface area contributed by atoms with Gasteiger partial charge in [0, 0.05) is 0 Å². The third-order valence-corrected chi connectivity index (χ3v) is 5.00. The Bertz CT molecular complexity index is 538. The Morgan fingerprint density at radius 1 is 1.39 bits per heavy atom. The molecule has 1 rings (SSSR count). The van der Waals surface area contributed by atoms with Gasteiger partial charge >= 0.3 is 0 Å². The number of hydrogen-bond donors (Lipinski definition) is 2. The van der Waals surface area contributed by atoms with Gasteiger partial charge in [0.05, 0.1) is 15.4 Å². The third-order valence-electron chi connectivity index (χ3n) is 2.94. The Morgan fingerprint density at radius 3 is 2.28 bits per heavy atom. The molecule has 0 fully saturated rings. The number of rotatable bonds is 5. The number of sulfonamides is 1. The summed E-state index contributed by atoms with van der Waals surface area (Å²) in [6.07, 6.45) is 0.493. The predicted molar refractivity (Wildman–Crippen MR) is 77.0 cm³/mol. The summed E-state index contributed by atoms with van der Waals surface area (Å²) >= 11 is 4.92. The van der Waals surface area contributed by atoms with Crippen LogP contribution in [0.2, 0.25) is 0 Å². The van der Waals surface area contributed by atoms with Crippen LogP contribution in [-0.2, 0) is 10.0 Å². The first-order valence-corrected chi connectivity index (χ1v) is 7.51. The molecule has 0 aliphatic carbocycles. The van der Waals surface area contributed by atoms with Crippen molar-refractivity contribution in [2.45, 2.75) is 37.6 Å². The molecule has 0 saturated carbocycles. The summed E-state index contributed by atoms with van der Waals surface area (Å²) in [6, 6.07) is 6.62. The zero-order chi connectivity index (χ0) is 14.0. The molecule has 1 aromatic carbocycles. The average molecular weight is 286 g/mol. The van der Waals surface area contributed by atoms with Crippen LogP contribution in [0.5, 0.6) is 0 Å². The van der Waals surface area contributed by atoms with Crippen LogP contribution in [0.25, 0.3) is 0 Å². The molecule has 1 atom stereocenters. The molecule has 0 bridgehead atoms. The number of nitrogens with two attached hydrogens (primary N) is 1. The second-order valence-corrected chi connectivity index (χ2v) is 6.59. The largest absolute Gasteiger partial charge is 0.392 e. The fourth-order valence-corrected chi connectivity index (χ4v) is 3.09. The molecule has 0 aliphatic heterocycles. The van der Waals surface area contributed by atoms with E-state index >= 15 is 0 Å². The fourth-order valence-electron chi connectivity index (χ4n) is 1.37. The zero-order valence-corrected chi connectivity index (χ0v) is 12.4. The van der Waals surface area contributed by atoms with E-state index in [0.29, 0.717) is 6.42 Å². The van der Waals surface area contributed by atoms with E-state index in [1.165, 1.54) is 0 Å². The summed E-state index contributed by atoms with van der Waals surface area (Å²) < 4.78 is 27.0. The summed E-state index contributed by atoms with van der Waals surface area (Å²) in [6.45, 7) is 5.41. The lowest BCUT2D eigenvalue weighted by Gasteiger charge is -2.27. The molecule has 6 heteroatoms. The number of thiocarbonyl (C=S) groups is 1. The van der Waals surface area contributed by atoms with E-state index < -0.39 is 15.6 Å². The maximum Gasteiger partial charge on any atom is 0.241 e. The highest BCUT2D eigenvalue weighted by Gasteiger charge is 2.31. The topological polar surface area (TPSA) is 72.2 Å². The van der Waals surface area contributed by atoms with Crippen LogP contribution in [-0.4, -0.2) is 18.9 Å². The van der Waals surface area contributed by atoms with Gasteiger partial charge in [0.1, 0.15) is 0 Å². The first-order valence-electron chi connectivity index (χ1n) is 5.62. The van der Waals surface area contributed by atoms with Gasteiger partial charge < -0.3 is 5.73 Å². The Labute approximate surface area is 114 Å². The van der Waals surface area contributed by atoms with Crippen LogP contribution in [0.4, 0.5) is 0 Å². The Hall–Kier alpha value is -0.980. The summed E-state index contributed by atoms with van der Waals surface area (Å²) in [4.78, 5) is 0.352. The van der Waals surface area contributed by atoms with E-state index in [9.17, 15) is 8.42 Å². The smallest absolute Gasteiger partial charge is 0.241 e. The molecule has 0 heterocycles. The number of aryl methyl sites for hydroxylation is 1. The molecular formula is C12H18N2O2S2. The molecule has 4 nitrogen and oxygen atoms in total. The van der Waals surface area contributed by atoms with Crippen molar-refractivity contribution >= 4 is 27.2 Å². The van der Waals surface area contributed by atoms with Crippen molar-refractivity contribution in [2.24, 2.45) is 5.73 Å². The van der Waals surface area contributed by atoms with Crippen LogP contribution >= 0.6 is 12.2 Å². The van der Waals surface area contributed by atoms with E-state index in [1.54, 1.807) is 31.2 Å². The number of benzene rings is 1. The Kier molecular flexibility index (Phi) is 4.47. The quantitative estimate of drug-likeness (QED) is 0.809. The molecule has 0 aliphatic rings. The van der Waals surface area contributed by atoms with Gasteiger partial charge in [-0.25, -0.2) is 8.42 Å². The highest BCUT2D eigenvalue weighted by molar-refractivity contribution is 7.89. The van der Waals surface area contributed by atoms with Gasteiger partial charge in [-0.2, -0.15) is 4.72 Å². The van der Waals surface area contributed by atoms with Crippen molar-refractivity contribution in [3.8, 4) is 0 Å². The van der Waals surface area contributed by atoms with Crippen molar-refractivity contribution in [3.05, 3.63) is 29.8 Å². The van der Waals surface area contributed by atoms with E-state index in [4.69, 9.17) is 18.0 Å². The number of hydrogen-bond acceptors (Lipinski definition) is 3. The van der Waals surface area contributed by atoms with E-state index in [-0.39, 0.29) is 9.88 Å². The fraction of sp³-hybridized carbons (Fsp3) is 0.417. The standard InChI is InChI=1S/C12H18N2O2S2/c1-4-12(3,11(13)17)14-18(15,16)10-7-5-9(2)6-8-10/h5-8,14H,4H2,1-3H3,(H2,13,17). The van der Waals surface area contributed by atoms with Crippen molar-refractivity contribution in [2.75, 3.05) is 0 Å². The molecule has 0 amide bonds. The van der Waals surface area contributed by atoms with Crippen molar-refractivity contribution in [3.63, 3.8) is 0 Å². The second kappa shape index (κ2) is 5.34. The van der Waals surface area contributed by atoms with E-state index in [1.807, 2.05) is 13.8 Å². The van der Waals surface area contributed by atoms with Crippen molar-refractivity contribution in [1.82, 2.24) is 4.72 Å². The minimum Gasteiger partial charge on any atom is -0.392 e. The van der Waals surface area contributed by atoms with Gasteiger partial charge in [-0.15, -0.1) is 0 Å². The highest BCUT2D eigenvalue weighted by Crippen LogP contribution is 2.16. The summed E-state index contributed by atoms with van der Waals surface area (Å²) in [5.41, 5.74) is 5.69. The molecule has 0 aromatic heterocycles. The molecule has 100 valence electrons. The zero-order valence-electron chi connectivity index (χ0n) is 10.7. The van der Waals surface area contributed by atoms with Crippen LogP contribution in [0.3, 0.4) is 0 Å². The molecule has 18 heavy (non-hydrogen) atoms. The lowest BCUT2D eigenvalue weighted by Crippen LogP contribution is -2.53. The van der Waals surface area contributed by atoms with Gasteiger partial charge in [-0.3, -0.25) is 0 Å². The third kappa shape index (κ3) is 3.28. The van der Waals surface area contributed by atoms with Crippen LogP contribution < -0.4 is 10.5 Å². The van der Waals surface area contributed by atoms with Gasteiger partial charge in [0.15, 0.2) is 0 Å². The van der Waals surface area contributed by atoms with Crippen LogP contribution in [0, 0.1) is 6.92 Å². The normalized spacial score (nSPS) is 15.1. The van der Waals surface area contributed by atoms with Crippen LogP contribution in [0.1, 0.15) is 25.8 Å². The first kappa shape index (κ1) is 15.1. The van der Waals surface area contributed by atoms with Gasteiger partial charge in [-0.05, 0) is 32.4 Å². The van der Waals surface area contributed by atoms with Gasteiger partial charge in [-0.1, -0.05) is 36.8 Å². The predicted octanol–water partition coefficient (Wildman–Crippen LogP) is 1.73. The molecule has 1 unspecified atom stereocenters. The highest BCUT2D eigenvalue weighted by atomic mass is 32.2. The van der Waals surface area contributed by atoms with Crippen LogP contribution in [0.15, 0.2) is 29.2 Å². The minimum atomic E-state index is -3.61. The number of nitrogens with one attached hydrogen (secondary N) is 1. The molecule has 0 saturated heterocycles. The van der Waals surface area contributed by atoms with Gasteiger partial charge in [0.2, 0.25) is 10.0 Å². The summed E-state index contributed by atoms with van der Waals surface area (Å²) in [5, 5.41) is 0. The lowest BCUT2D eigenvalue weighted by molar-refractivity contribution is 0.511. The Balaban J connectivity index is 3.09. The lowest BCUT2D eigenvalue weighted by atomic mass is 10.0.